The van der Waals surface area contributed by atoms with E-state index in [1.165, 1.54) is 18.4 Å². The van der Waals surface area contributed by atoms with Crippen LogP contribution in [0.1, 0.15) is 30.0 Å². The summed E-state index contributed by atoms with van der Waals surface area (Å²) in [5.74, 6) is 0.201. The minimum Gasteiger partial charge on any atom is -0.333 e. The van der Waals surface area contributed by atoms with E-state index in [2.05, 4.69) is 34.1 Å². The standard InChI is InChI=1S/C21H23ClN2O/c22-18-8-6-16(7-9-18)14-21(25)24-13-12-23(19-10-11-19)15-20(24)17-4-2-1-3-5-17/h1-9,19-20H,10-15H2. The van der Waals surface area contributed by atoms with Crippen molar-refractivity contribution in [2.45, 2.75) is 31.3 Å². The van der Waals surface area contributed by atoms with Crippen LogP contribution in [0.2, 0.25) is 5.02 Å². The van der Waals surface area contributed by atoms with Crippen LogP contribution >= 0.6 is 11.6 Å². The second kappa shape index (κ2) is 7.19. The Balaban J connectivity index is 1.53. The van der Waals surface area contributed by atoms with Gasteiger partial charge in [0.05, 0.1) is 12.5 Å². The number of nitrogens with zero attached hydrogens (tertiary/aromatic N) is 2. The van der Waals surface area contributed by atoms with Crippen LogP contribution in [0, 0.1) is 0 Å². The number of piperazine rings is 1. The third-order valence-electron chi connectivity index (χ3n) is 5.25. The first-order chi connectivity index (χ1) is 12.2. The Labute approximate surface area is 154 Å². The van der Waals surface area contributed by atoms with E-state index in [9.17, 15) is 4.79 Å². The van der Waals surface area contributed by atoms with Gasteiger partial charge in [0.2, 0.25) is 5.91 Å². The molecule has 0 spiro atoms. The summed E-state index contributed by atoms with van der Waals surface area (Å²) < 4.78 is 0. The molecule has 0 aromatic heterocycles. The van der Waals surface area contributed by atoms with Crippen molar-refractivity contribution >= 4 is 17.5 Å². The molecular formula is C21H23ClN2O. The molecule has 1 saturated carbocycles. The minimum absolute atomic E-state index is 0.148. The Morgan fingerprint density at radius 2 is 1.72 bits per heavy atom. The molecule has 1 aliphatic heterocycles. The van der Waals surface area contributed by atoms with Crippen LogP contribution < -0.4 is 0 Å². The lowest BCUT2D eigenvalue weighted by atomic mass is 10.0. The fourth-order valence-electron chi connectivity index (χ4n) is 3.71. The molecule has 130 valence electrons. The minimum atomic E-state index is 0.148. The van der Waals surface area contributed by atoms with E-state index in [1.54, 1.807) is 0 Å². The van der Waals surface area contributed by atoms with Crippen molar-refractivity contribution in [1.82, 2.24) is 9.80 Å². The van der Waals surface area contributed by atoms with Gasteiger partial charge < -0.3 is 4.90 Å². The van der Waals surface area contributed by atoms with E-state index in [4.69, 9.17) is 11.6 Å². The largest absolute Gasteiger partial charge is 0.333 e. The molecule has 1 unspecified atom stereocenters. The molecule has 2 fully saturated rings. The summed E-state index contributed by atoms with van der Waals surface area (Å²) in [7, 11) is 0. The van der Waals surface area contributed by atoms with Crippen LogP contribution in [-0.2, 0) is 11.2 Å². The molecule has 0 bridgehead atoms. The topological polar surface area (TPSA) is 23.6 Å². The van der Waals surface area contributed by atoms with E-state index < -0.39 is 0 Å². The predicted octanol–water partition coefficient (Wildman–Crippen LogP) is 3.93. The molecule has 2 aliphatic rings. The summed E-state index contributed by atoms with van der Waals surface area (Å²) in [6.07, 6.45) is 3.05. The summed E-state index contributed by atoms with van der Waals surface area (Å²) in [4.78, 5) is 17.6. The van der Waals surface area contributed by atoms with Gasteiger partial charge in [0.1, 0.15) is 0 Å². The average Bonchev–Trinajstić information content (AvgIpc) is 3.49. The second-order valence-corrected chi connectivity index (χ2v) is 7.48. The molecule has 1 atom stereocenters. The molecule has 4 heteroatoms. The Morgan fingerprint density at radius 3 is 2.40 bits per heavy atom. The zero-order valence-electron chi connectivity index (χ0n) is 14.3. The van der Waals surface area contributed by atoms with Crippen LogP contribution in [0.3, 0.4) is 0 Å². The van der Waals surface area contributed by atoms with Gasteiger partial charge in [-0.1, -0.05) is 54.1 Å². The SMILES string of the molecule is O=C(Cc1ccc(Cl)cc1)N1CCN(C2CC2)CC1c1ccccc1. The Hall–Kier alpha value is -1.84. The van der Waals surface area contributed by atoms with Gasteiger partial charge in [-0.05, 0) is 36.1 Å². The fraction of sp³-hybridized carbons (Fsp3) is 0.381. The smallest absolute Gasteiger partial charge is 0.227 e. The van der Waals surface area contributed by atoms with Crippen molar-refractivity contribution in [2.75, 3.05) is 19.6 Å². The normalized spacial score (nSPS) is 21.3. The molecule has 1 saturated heterocycles. The Morgan fingerprint density at radius 1 is 1.00 bits per heavy atom. The first-order valence-corrected chi connectivity index (χ1v) is 9.41. The highest BCUT2D eigenvalue weighted by Crippen LogP contribution is 2.33. The number of rotatable bonds is 4. The number of benzene rings is 2. The number of carbonyl (C=O) groups excluding carboxylic acids is 1. The number of halogens is 1. The quantitative estimate of drug-likeness (QED) is 0.830. The lowest BCUT2D eigenvalue weighted by molar-refractivity contribution is -0.135. The summed E-state index contributed by atoms with van der Waals surface area (Å²) in [6.45, 7) is 2.74. The zero-order chi connectivity index (χ0) is 17.2. The fourth-order valence-corrected chi connectivity index (χ4v) is 3.84. The molecule has 3 nitrogen and oxygen atoms in total. The van der Waals surface area contributed by atoms with Crippen molar-refractivity contribution in [1.29, 1.82) is 0 Å². The lowest BCUT2D eigenvalue weighted by Crippen LogP contribution is -2.51. The van der Waals surface area contributed by atoms with E-state index in [1.807, 2.05) is 30.3 Å². The van der Waals surface area contributed by atoms with E-state index >= 15 is 0 Å². The van der Waals surface area contributed by atoms with Gasteiger partial charge in [0.25, 0.3) is 0 Å². The number of hydrogen-bond acceptors (Lipinski definition) is 2. The zero-order valence-corrected chi connectivity index (χ0v) is 15.0. The van der Waals surface area contributed by atoms with E-state index in [0.29, 0.717) is 11.4 Å². The summed E-state index contributed by atoms with van der Waals surface area (Å²) >= 11 is 5.95. The van der Waals surface area contributed by atoms with Crippen LogP contribution in [0.5, 0.6) is 0 Å². The highest BCUT2D eigenvalue weighted by atomic mass is 35.5. The van der Waals surface area contributed by atoms with Crippen molar-refractivity contribution in [3.05, 3.63) is 70.7 Å². The Bertz CT molecular complexity index is 727. The number of hydrogen-bond donors (Lipinski definition) is 0. The van der Waals surface area contributed by atoms with Crippen molar-refractivity contribution in [2.24, 2.45) is 0 Å². The van der Waals surface area contributed by atoms with Gasteiger partial charge >= 0.3 is 0 Å². The molecule has 1 amide bonds. The number of amides is 1. The second-order valence-electron chi connectivity index (χ2n) is 7.04. The van der Waals surface area contributed by atoms with Gasteiger partial charge in [0, 0.05) is 30.7 Å². The number of carbonyl (C=O) groups is 1. The third kappa shape index (κ3) is 3.88. The summed E-state index contributed by atoms with van der Waals surface area (Å²) in [5, 5.41) is 0.705. The molecule has 1 heterocycles. The average molecular weight is 355 g/mol. The van der Waals surface area contributed by atoms with Crippen LogP contribution in [0.4, 0.5) is 0 Å². The molecule has 4 rings (SSSR count). The maximum absolute atomic E-state index is 13.0. The van der Waals surface area contributed by atoms with Crippen molar-refractivity contribution in [3.8, 4) is 0 Å². The van der Waals surface area contributed by atoms with E-state index in [0.717, 1.165) is 31.2 Å². The third-order valence-corrected chi connectivity index (χ3v) is 5.50. The van der Waals surface area contributed by atoms with Gasteiger partial charge in [-0.3, -0.25) is 9.69 Å². The van der Waals surface area contributed by atoms with E-state index in [-0.39, 0.29) is 11.9 Å². The predicted molar refractivity (Wildman–Crippen MR) is 101 cm³/mol. The maximum Gasteiger partial charge on any atom is 0.227 e. The van der Waals surface area contributed by atoms with Crippen LogP contribution in [0.25, 0.3) is 0 Å². The molecule has 0 N–H and O–H groups in total. The summed E-state index contributed by atoms with van der Waals surface area (Å²) in [5.41, 5.74) is 2.25. The highest BCUT2D eigenvalue weighted by Gasteiger charge is 2.37. The van der Waals surface area contributed by atoms with Gasteiger partial charge in [-0.25, -0.2) is 0 Å². The van der Waals surface area contributed by atoms with Crippen LogP contribution in [-0.4, -0.2) is 41.4 Å². The Kier molecular flexibility index (Phi) is 4.78. The van der Waals surface area contributed by atoms with Gasteiger partial charge in [-0.15, -0.1) is 0 Å². The van der Waals surface area contributed by atoms with Crippen molar-refractivity contribution < 1.29 is 4.79 Å². The highest BCUT2D eigenvalue weighted by molar-refractivity contribution is 6.30. The van der Waals surface area contributed by atoms with Crippen molar-refractivity contribution in [3.63, 3.8) is 0 Å². The van der Waals surface area contributed by atoms with Gasteiger partial charge in [-0.2, -0.15) is 0 Å². The lowest BCUT2D eigenvalue weighted by Gasteiger charge is -2.42. The van der Waals surface area contributed by atoms with Gasteiger partial charge in [0.15, 0.2) is 0 Å². The molecule has 1 aliphatic carbocycles. The molecule has 2 aromatic carbocycles. The monoisotopic (exact) mass is 354 g/mol. The van der Waals surface area contributed by atoms with Crippen LogP contribution in [0.15, 0.2) is 54.6 Å². The first kappa shape index (κ1) is 16.6. The molecule has 0 radical (unpaired) electrons. The maximum atomic E-state index is 13.0. The molecule has 2 aromatic rings. The first-order valence-electron chi connectivity index (χ1n) is 9.03. The molecule has 25 heavy (non-hydrogen) atoms. The molecular weight excluding hydrogens is 332 g/mol. The summed E-state index contributed by atoms with van der Waals surface area (Å²) in [6, 6.07) is 18.9.